The van der Waals surface area contributed by atoms with Gasteiger partial charge in [-0.25, -0.2) is 13.2 Å². The molecule has 3 aromatic carbocycles. The van der Waals surface area contributed by atoms with E-state index in [-0.39, 0.29) is 55.0 Å². The largest absolute Gasteiger partial charge is 0.494 e. The van der Waals surface area contributed by atoms with Crippen LogP contribution >= 0.6 is 0 Å². The predicted octanol–water partition coefficient (Wildman–Crippen LogP) is 4.99. The number of fused-ring (bicyclic) bond motifs is 2. The van der Waals surface area contributed by atoms with Gasteiger partial charge >= 0.3 is 6.09 Å². The minimum absolute atomic E-state index is 0.000470. The van der Waals surface area contributed by atoms with Crippen molar-refractivity contribution >= 4 is 32.7 Å². The van der Waals surface area contributed by atoms with E-state index in [4.69, 9.17) is 14.2 Å². The van der Waals surface area contributed by atoms with Gasteiger partial charge in [-0.15, -0.1) is 0 Å². The van der Waals surface area contributed by atoms with Crippen molar-refractivity contribution in [3.63, 3.8) is 0 Å². The molecule has 0 saturated carbocycles. The molecule has 0 aliphatic carbocycles. The molecule has 51 heavy (non-hydrogen) atoms. The van der Waals surface area contributed by atoms with Crippen LogP contribution in [0.3, 0.4) is 0 Å². The summed E-state index contributed by atoms with van der Waals surface area (Å²) in [7, 11) is -4.17. The standard InChI is InChI=1S/C38H46N4O8S/c1-24(2)21-42(22-33(43)32(18-26-10-6-4-7-11-26)41-38(45)50-34-23-49-37-29(34)16-17-48-37)51(46,47)28-14-15-31-30(19-28)35(36(44)40-31)25(3)39-20-27-12-8-5-9-13-27/h4-15,19,24,29,32-34,37,40,43-44H,16-18,20-23H2,1-3H3,(H,41,45)/t29?,32-,33+,34-,37?/m0/s1. The second-order valence-electron chi connectivity index (χ2n) is 13.6. The number of hydrogen-bond acceptors (Lipinski definition) is 9. The minimum atomic E-state index is -4.17. The normalized spacial score (nSPS) is 20.5. The highest BCUT2D eigenvalue weighted by molar-refractivity contribution is 7.89. The lowest BCUT2D eigenvalue weighted by atomic mass is 10.0. The Morgan fingerprint density at radius 3 is 2.45 bits per heavy atom. The number of hydrogen-bond donors (Lipinski definition) is 4. The number of ether oxygens (including phenoxy) is 3. The molecular weight excluding hydrogens is 673 g/mol. The number of carbonyl (C=O) groups is 1. The van der Waals surface area contributed by atoms with Crippen molar-refractivity contribution in [3.05, 3.63) is 95.6 Å². The fourth-order valence-corrected chi connectivity index (χ4v) is 8.39. The van der Waals surface area contributed by atoms with Crippen molar-refractivity contribution in [2.45, 2.75) is 69.6 Å². The number of aliphatic imine (C=N–C) groups is 1. The Kier molecular flexibility index (Phi) is 11.4. The van der Waals surface area contributed by atoms with E-state index in [0.29, 0.717) is 35.3 Å². The minimum Gasteiger partial charge on any atom is -0.494 e. The van der Waals surface area contributed by atoms with Crippen LogP contribution in [-0.4, -0.2) is 90.6 Å². The number of alkyl carbamates (subject to hydrolysis) is 1. The van der Waals surface area contributed by atoms with Crippen LogP contribution in [0.5, 0.6) is 5.88 Å². The summed E-state index contributed by atoms with van der Waals surface area (Å²) < 4.78 is 46.9. The molecule has 0 spiro atoms. The van der Waals surface area contributed by atoms with Gasteiger partial charge in [-0.2, -0.15) is 4.31 Å². The van der Waals surface area contributed by atoms with Gasteiger partial charge in [0.1, 0.15) is 6.10 Å². The lowest BCUT2D eigenvalue weighted by molar-refractivity contribution is -0.0907. The first-order chi connectivity index (χ1) is 24.5. The van der Waals surface area contributed by atoms with Crippen molar-refractivity contribution < 1.29 is 37.6 Å². The Labute approximate surface area is 298 Å². The average Bonchev–Trinajstić information content (AvgIpc) is 3.82. The van der Waals surface area contributed by atoms with Crippen molar-refractivity contribution in [2.24, 2.45) is 16.8 Å². The first-order valence-electron chi connectivity index (χ1n) is 17.3. The van der Waals surface area contributed by atoms with E-state index in [1.165, 1.54) is 16.4 Å². The molecule has 2 fully saturated rings. The number of carbonyl (C=O) groups excluding carboxylic acids is 1. The first-order valence-corrected chi connectivity index (χ1v) is 18.8. The third kappa shape index (κ3) is 8.62. The zero-order valence-corrected chi connectivity index (χ0v) is 29.9. The molecule has 3 heterocycles. The van der Waals surface area contributed by atoms with E-state index in [9.17, 15) is 23.4 Å². The van der Waals surface area contributed by atoms with Gasteiger partial charge in [0.15, 0.2) is 12.2 Å². The number of rotatable bonds is 14. The molecule has 0 radical (unpaired) electrons. The van der Waals surface area contributed by atoms with Gasteiger partial charge in [0.05, 0.1) is 48.3 Å². The quantitative estimate of drug-likeness (QED) is 0.133. The summed E-state index contributed by atoms with van der Waals surface area (Å²) in [6.07, 6.45) is -1.93. The number of aliphatic hydroxyl groups is 1. The van der Waals surface area contributed by atoms with Gasteiger partial charge < -0.3 is 34.7 Å². The van der Waals surface area contributed by atoms with Crippen LogP contribution in [0.25, 0.3) is 10.9 Å². The molecule has 0 bridgehead atoms. The predicted molar refractivity (Wildman–Crippen MR) is 193 cm³/mol. The maximum absolute atomic E-state index is 14.4. The first kappa shape index (κ1) is 36.5. The maximum Gasteiger partial charge on any atom is 0.407 e. The summed E-state index contributed by atoms with van der Waals surface area (Å²) in [5.74, 6) is -0.242. The number of H-pyrrole nitrogens is 1. The van der Waals surface area contributed by atoms with Crippen molar-refractivity contribution in [2.75, 3.05) is 26.3 Å². The van der Waals surface area contributed by atoms with Crippen LogP contribution in [0.2, 0.25) is 0 Å². The lowest BCUT2D eigenvalue weighted by Gasteiger charge is -2.31. The number of nitrogens with zero attached hydrogens (tertiary/aromatic N) is 2. The van der Waals surface area contributed by atoms with E-state index in [0.717, 1.165) is 17.5 Å². The van der Waals surface area contributed by atoms with Crippen LogP contribution in [0.15, 0.2) is 88.8 Å². The molecule has 2 saturated heterocycles. The Hall–Kier alpha value is -4.27. The lowest BCUT2D eigenvalue weighted by Crippen LogP contribution is -2.51. The van der Waals surface area contributed by atoms with E-state index in [2.05, 4.69) is 15.3 Å². The molecule has 5 atom stereocenters. The van der Waals surface area contributed by atoms with Gasteiger partial charge in [-0.3, -0.25) is 4.99 Å². The monoisotopic (exact) mass is 718 g/mol. The highest BCUT2D eigenvalue weighted by Gasteiger charge is 2.44. The number of sulfonamides is 1. The van der Waals surface area contributed by atoms with Gasteiger partial charge in [0.2, 0.25) is 10.0 Å². The number of amides is 1. The van der Waals surface area contributed by atoms with E-state index < -0.39 is 34.4 Å². The number of aromatic nitrogens is 1. The summed E-state index contributed by atoms with van der Waals surface area (Å²) in [6, 6.07) is 22.8. The molecule has 2 aliphatic rings. The Bertz CT molecular complexity index is 1930. The molecule has 2 unspecified atom stereocenters. The number of aliphatic hydroxyl groups excluding tert-OH is 1. The Morgan fingerprint density at radius 1 is 1.04 bits per heavy atom. The smallest absolute Gasteiger partial charge is 0.407 e. The van der Waals surface area contributed by atoms with Crippen LogP contribution in [-0.2, 0) is 37.2 Å². The second-order valence-corrected chi connectivity index (χ2v) is 15.6. The number of aromatic hydroxyl groups is 1. The second kappa shape index (κ2) is 16.0. The van der Waals surface area contributed by atoms with Gasteiger partial charge in [0, 0.05) is 29.7 Å². The molecule has 13 heteroatoms. The molecule has 2 aliphatic heterocycles. The highest BCUT2D eigenvalue weighted by atomic mass is 32.2. The summed E-state index contributed by atoms with van der Waals surface area (Å²) in [5, 5.41) is 25.9. The van der Waals surface area contributed by atoms with E-state index in [1.54, 1.807) is 13.0 Å². The van der Waals surface area contributed by atoms with Gasteiger partial charge in [-0.1, -0.05) is 74.5 Å². The van der Waals surface area contributed by atoms with Gasteiger partial charge in [0.25, 0.3) is 0 Å². The topological polar surface area (TPSA) is 163 Å². The molecule has 272 valence electrons. The summed E-state index contributed by atoms with van der Waals surface area (Å²) in [5.41, 5.74) is 3.37. The number of aromatic amines is 1. The summed E-state index contributed by atoms with van der Waals surface area (Å²) >= 11 is 0. The average molecular weight is 719 g/mol. The van der Waals surface area contributed by atoms with Crippen LogP contribution in [0, 0.1) is 11.8 Å². The molecule has 1 amide bonds. The Balaban J connectivity index is 1.24. The van der Waals surface area contributed by atoms with E-state index >= 15 is 0 Å². The molecule has 4 aromatic rings. The third-order valence-electron chi connectivity index (χ3n) is 9.36. The van der Waals surface area contributed by atoms with Crippen LogP contribution < -0.4 is 5.32 Å². The summed E-state index contributed by atoms with van der Waals surface area (Å²) in [4.78, 5) is 20.8. The molecule has 6 rings (SSSR count). The summed E-state index contributed by atoms with van der Waals surface area (Å²) in [6.45, 7) is 6.55. The zero-order valence-electron chi connectivity index (χ0n) is 29.1. The molecule has 1 aromatic heterocycles. The van der Waals surface area contributed by atoms with Crippen LogP contribution in [0.4, 0.5) is 4.79 Å². The van der Waals surface area contributed by atoms with Crippen molar-refractivity contribution in [3.8, 4) is 5.88 Å². The van der Waals surface area contributed by atoms with Gasteiger partial charge in [-0.05, 0) is 55.0 Å². The SMILES string of the molecule is CC(=NCc1ccccc1)c1c(O)[nH]c2ccc(S(=O)(=O)N(CC(C)C)C[C@@H](O)[C@H](Cc3ccccc3)NC(=O)O[C@H]3COC4OCCC43)cc12. The number of benzene rings is 3. The fraction of sp³-hybridized carbons (Fsp3) is 0.421. The van der Waals surface area contributed by atoms with Crippen molar-refractivity contribution in [1.29, 1.82) is 0 Å². The number of nitrogens with one attached hydrogen (secondary N) is 2. The highest BCUT2D eigenvalue weighted by Crippen LogP contribution is 2.34. The van der Waals surface area contributed by atoms with Crippen molar-refractivity contribution in [1.82, 2.24) is 14.6 Å². The fourth-order valence-electron chi connectivity index (χ4n) is 6.74. The van der Waals surface area contributed by atoms with Crippen LogP contribution in [0.1, 0.15) is 43.9 Å². The maximum atomic E-state index is 14.4. The molecule has 4 N–H and O–H groups in total. The van der Waals surface area contributed by atoms with E-state index in [1.807, 2.05) is 74.5 Å². The third-order valence-corrected chi connectivity index (χ3v) is 11.2. The Morgan fingerprint density at radius 2 is 1.75 bits per heavy atom. The zero-order chi connectivity index (χ0) is 36.1. The molecule has 12 nitrogen and oxygen atoms in total. The molecular formula is C38H46N4O8S.